The summed E-state index contributed by atoms with van der Waals surface area (Å²) >= 11 is 9.11. The van der Waals surface area contributed by atoms with Gasteiger partial charge in [-0.2, -0.15) is 0 Å². The molecule has 0 aliphatic carbocycles. The number of amides is 1. The molecule has 5 nitrogen and oxygen atoms in total. The third-order valence-corrected chi connectivity index (χ3v) is 3.60. The van der Waals surface area contributed by atoms with Crippen LogP contribution in [-0.2, 0) is 6.54 Å². The third kappa shape index (κ3) is 4.03. The Balaban J connectivity index is 2.05. The molecule has 2 aromatic rings. The van der Waals surface area contributed by atoms with Crippen molar-refractivity contribution >= 4 is 39.1 Å². The summed E-state index contributed by atoms with van der Waals surface area (Å²) in [7, 11) is 0. The lowest BCUT2D eigenvalue weighted by Gasteiger charge is -2.06. The first-order valence-electron chi connectivity index (χ1n) is 5.94. The van der Waals surface area contributed by atoms with Gasteiger partial charge in [0.1, 0.15) is 5.02 Å². The SMILES string of the molecule is O=C(NCc1ccc(Br)cc1)c1ccc([N+](=O)[O-])c(Cl)c1. The first-order chi connectivity index (χ1) is 9.97. The van der Waals surface area contributed by atoms with Crippen LogP contribution in [-0.4, -0.2) is 10.8 Å². The number of hydrogen-bond donors (Lipinski definition) is 1. The van der Waals surface area contributed by atoms with Crippen LogP contribution in [0.25, 0.3) is 0 Å². The Hall–Kier alpha value is -1.92. The summed E-state index contributed by atoms with van der Waals surface area (Å²) in [6, 6.07) is 11.4. The molecule has 0 saturated carbocycles. The molecule has 0 fully saturated rings. The Bertz CT molecular complexity index is 689. The minimum absolute atomic E-state index is 0.0590. The van der Waals surface area contributed by atoms with Gasteiger partial charge in [-0.15, -0.1) is 0 Å². The Labute approximate surface area is 134 Å². The number of nitrogens with zero attached hydrogens (tertiary/aromatic N) is 1. The van der Waals surface area contributed by atoms with E-state index in [-0.39, 0.29) is 22.2 Å². The fourth-order valence-electron chi connectivity index (χ4n) is 1.68. The Kier molecular flexibility index (Phi) is 4.93. The zero-order chi connectivity index (χ0) is 15.4. The van der Waals surface area contributed by atoms with E-state index in [0.29, 0.717) is 6.54 Å². The molecule has 0 unspecified atom stereocenters. The van der Waals surface area contributed by atoms with Crippen LogP contribution in [0.15, 0.2) is 46.9 Å². The van der Waals surface area contributed by atoms with E-state index in [9.17, 15) is 14.9 Å². The van der Waals surface area contributed by atoms with E-state index in [1.165, 1.54) is 18.2 Å². The van der Waals surface area contributed by atoms with Crippen LogP contribution < -0.4 is 5.32 Å². The van der Waals surface area contributed by atoms with Crippen molar-refractivity contribution in [2.24, 2.45) is 0 Å². The first-order valence-corrected chi connectivity index (χ1v) is 7.11. The average Bonchev–Trinajstić information content (AvgIpc) is 2.45. The molecule has 0 bridgehead atoms. The molecule has 21 heavy (non-hydrogen) atoms. The number of nitrogens with one attached hydrogen (secondary N) is 1. The minimum Gasteiger partial charge on any atom is -0.348 e. The Morgan fingerprint density at radius 2 is 1.90 bits per heavy atom. The Morgan fingerprint density at radius 3 is 2.48 bits per heavy atom. The molecule has 0 aromatic heterocycles. The van der Waals surface area contributed by atoms with Crippen LogP contribution in [0.3, 0.4) is 0 Å². The molecule has 0 radical (unpaired) electrons. The molecule has 7 heteroatoms. The molecule has 0 atom stereocenters. The van der Waals surface area contributed by atoms with Crippen LogP contribution in [0.4, 0.5) is 5.69 Å². The predicted octanol–water partition coefficient (Wildman–Crippen LogP) is 3.94. The van der Waals surface area contributed by atoms with Gasteiger partial charge in [0.25, 0.3) is 11.6 Å². The smallest absolute Gasteiger partial charge is 0.287 e. The van der Waals surface area contributed by atoms with Gasteiger partial charge in [-0.05, 0) is 29.8 Å². The van der Waals surface area contributed by atoms with Crippen LogP contribution >= 0.6 is 27.5 Å². The number of nitro benzene ring substituents is 1. The standard InChI is InChI=1S/C14H10BrClN2O3/c15-11-4-1-9(2-5-11)8-17-14(19)10-3-6-13(18(20)21)12(16)7-10/h1-7H,8H2,(H,17,19). The number of carbonyl (C=O) groups is 1. The highest BCUT2D eigenvalue weighted by Crippen LogP contribution is 2.24. The van der Waals surface area contributed by atoms with Crippen molar-refractivity contribution in [1.29, 1.82) is 0 Å². The fraction of sp³-hybridized carbons (Fsp3) is 0.0714. The van der Waals surface area contributed by atoms with Crippen molar-refractivity contribution < 1.29 is 9.72 Å². The van der Waals surface area contributed by atoms with Crippen molar-refractivity contribution in [2.75, 3.05) is 0 Å². The van der Waals surface area contributed by atoms with Crippen LogP contribution in [0.1, 0.15) is 15.9 Å². The molecular weight excluding hydrogens is 360 g/mol. The normalized spacial score (nSPS) is 10.2. The van der Waals surface area contributed by atoms with Crippen molar-refractivity contribution in [3.8, 4) is 0 Å². The lowest BCUT2D eigenvalue weighted by Crippen LogP contribution is -2.22. The van der Waals surface area contributed by atoms with Gasteiger partial charge in [0.15, 0.2) is 0 Å². The second-order valence-corrected chi connectivity index (χ2v) is 5.56. The van der Waals surface area contributed by atoms with Gasteiger partial charge >= 0.3 is 0 Å². The maximum absolute atomic E-state index is 12.0. The number of nitro groups is 1. The highest BCUT2D eigenvalue weighted by atomic mass is 79.9. The highest BCUT2D eigenvalue weighted by molar-refractivity contribution is 9.10. The number of halogens is 2. The molecule has 0 spiro atoms. The van der Waals surface area contributed by atoms with Crippen LogP contribution in [0.2, 0.25) is 5.02 Å². The van der Waals surface area contributed by atoms with Gasteiger partial charge < -0.3 is 5.32 Å². The number of benzene rings is 2. The molecule has 0 aliphatic rings. The molecule has 0 heterocycles. The molecular formula is C14H10BrClN2O3. The zero-order valence-corrected chi connectivity index (χ0v) is 13.0. The van der Waals surface area contributed by atoms with Gasteiger partial charge in [0, 0.05) is 22.6 Å². The van der Waals surface area contributed by atoms with E-state index in [0.717, 1.165) is 10.0 Å². The quantitative estimate of drug-likeness (QED) is 0.655. The van der Waals surface area contributed by atoms with E-state index in [2.05, 4.69) is 21.2 Å². The topological polar surface area (TPSA) is 72.2 Å². The average molecular weight is 370 g/mol. The van der Waals surface area contributed by atoms with Crippen LogP contribution in [0.5, 0.6) is 0 Å². The molecule has 2 rings (SSSR count). The van der Waals surface area contributed by atoms with Crippen molar-refractivity contribution in [3.05, 3.63) is 73.2 Å². The lowest BCUT2D eigenvalue weighted by molar-refractivity contribution is -0.384. The maximum atomic E-state index is 12.0. The largest absolute Gasteiger partial charge is 0.348 e. The van der Waals surface area contributed by atoms with Gasteiger partial charge in [0.05, 0.1) is 4.92 Å². The molecule has 2 aromatic carbocycles. The first kappa shape index (κ1) is 15.5. The third-order valence-electron chi connectivity index (χ3n) is 2.77. The van der Waals surface area contributed by atoms with E-state index in [4.69, 9.17) is 11.6 Å². The van der Waals surface area contributed by atoms with E-state index < -0.39 is 4.92 Å². The van der Waals surface area contributed by atoms with Crippen molar-refractivity contribution in [3.63, 3.8) is 0 Å². The molecule has 0 aliphatic heterocycles. The van der Waals surface area contributed by atoms with Crippen LogP contribution in [0, 0.1) is 10.1 Å². The highest BCUT2D eigenvalue weighted by Gasteiger charge is 2.15. The summed E-state index contributed by atoms with van der Waals surface area (Å²) in [5, 5.41) is 13.3. The predicted molar refractivity (Wildman–Crippen MR) is 83.4 cm³/mol. The lowest BCUT2D eigenvalue weighted by atomic mass is 10.2. The molecule has 0 saturated heterocycles. The van der Waals surface area contributed by atoms with E-state index in [1.807, 2.05) is 24.3 Å². The fourth-order valence-corrected chi connectivity index (χ4v) is 2.20. The molecule has 1 amide bonds. The van der Waals surface area contributed by atoms with Gasteiger partial charge in [-0.25, -0.2) is 0 Å². The maximum Gasteiger partial charge on any atom is 0.287 e. The Morgan fingerprint density at radius 1 is 1.24 bits per heavy atom. The van der Waals surface area contributed by atoms with Gasteiger partial charge in [-0.1, -0.05) is 39.7 Å². The number of hydrogen-bond acceptors (Lipinski definition) is 3. The second-order valence-electron chi connectivity index (χ2n) is 4.23. The minimum atomic E-state index is -0.591. The number of rotatable bonds is 4. The summed E-state index contributed by atoms with van der Waals surface area (Å²) in [5.41, 5.74) is 1.00. The van der Waals surface area contributed by atoms with Crippen molar-refractivity contribution in [1.82, 2.24) is 5.32 Å². The summed E-state index contributed by atoms with van der Waals surface area (Å²) in [4.78, 5) is 22.0. The summed E-state index contributed by atoms with van der Waals surface area (Å²) in [6.07, 6.45) is 0. The molecule has 1 N–H and O–H groups in total. The summed E-state index contributed by atoms with van der Waals surface area (Å²) < 4.78 is 0.958. The van der Waals surface area contributed by atoms with Crippen molar-refractivity contribution in [2.45, 2.75) is 6.54 Å². The monoisotopic (exact) mass is 368 g/mol. The van der Waals surface area contributed by atoms with Gasteiger partial charge in [0.2, 0.25) is 0 Å². The van der Waals surface area contributed by atoms with E-state index >= 15 is 0 Å². The molecule has 108 valence electrons. The van der Waals surface area contributed by atoms with E-state index in [1.54, 1.807) is 0 Å². The van der Waals surface area contributed by atoms with Gasteiger partial charge in [-0.3, -0.25) is 14.9 Å². The summed E-state index contributed by atoms with van der Waals surface area (Å²) in [5.74, 6) is -0.338. The number of carbonyl (C=O) groups excluding carboxylic acids is 1. The zero-order valence-electron chi connectivity index (χ0n) is 10.7. The second kappa shape index (κ2) is 6.69. The summed E-state index contributed by atoms with van der Waals surface area (Å²) in [6.45, 7) is 0.362.